The van der Waals surface area contributed by atoms with E-state index in [2.05, 4.69) is 4.98 Å². The summed E-state index contributed by atoms with van der Waals surface area (Å²) in [6.45, 7) is 0.414. The zero-order valence-corrected chi connectivity index (χ0v) is 10.2. The van der Waals surface area contributed by atoms with Crippen molar-refractivity contribution in [1.29, 1.82) is 0 Å². The van der Waals surface area contributed by atoms with Crippen LogP contribution < -0.4 is 11.1 Å². The third-order valence-electron chi connectivity index (χ3n) is 2.79. The van der Waals surface area contributed by atoms with Crippen molar-refractivity contribution in [3.8, 4) is 0 Å². The van der Waals surface area contributed by atoms with Crippen molar-refractivity contribution < 1.29 is 0 Å². The molecule has 1 aromatic carbocycles. The molecule has 4 nitrogen and oxygen atoms in total. The molecule has 3 aromatic rings. The molecule has 0 saturated heterocycles. The Hall–Kier alpha value is -2.14. The van der Waals surface area contributed by atoms with Gasteiger partial charge >= 0.3 is 11.1 Å². The number of benzene rings is 1. The lowest BCUT2D eigenvalue weighted by Gasteiger charge is -2.06. The molecule has 2 heterocycles. The van der Waals surface area contributed by atoms with Gasteiger partial charge in [-0.2, -0.15) is 0 Å². The van der Waals surface area contributed by atoms with Crippen molar-refractivity contribution in [2.75, 3.05) is 0 Å². The van der Waals surface area contributed by atoms with Gasteiger partial charge in [0.05, 0.1) is 12.1 Å². The molecule has 3 rings (SSSR count). The summed E-state index contributed by atoms with van der Waals surface area (Å²) < 4.78 is 1.51. The fraction of sp³-hybridized carbons (Fsp3) is 0.0769. The molecule has 0 bridgehead atoms. The lowest BCUT2D eigenvalue weighted by molar-refractivity contribution is 0.778. The molecule has 0 spiro atoms. The molecule has 0 saturated carbocycles. The summed E-state index contributed by atoms with van der Waals surface area (Å²) >= 11 is 1.42. The molecule has 0 amide bonds. The summed E-state index contributed by atoms with van der Waals surface area (Å²) in [6, 6.07) is 11.5. The van der Waals surface area contributed by atoms with Gasteiger partial charge < -0.3 is 4.98 Å². The lowest BCUT2D eigenvalue weighted by Crippen LogP contribution is -2.36. The van der Waals surface area contributed by atoms with Gasteiger partial charge in [0.1, 0.15) is 4.83 Å². The summed E-state index contributed by atoms with van der Waals surface area (Å²) in [4.78, 5) is 26.8. The first-order chi connectivity index (χ1) is 8.75. The normalized spacial score (nSPS) is 10.9. The van der Waals surface area contributed by atoms with Crippen molar-refractivity contribution in [3.05, 3.63) is 68.0 Å². The average Bonchev–Trinajstić information content (AvgIpc) is 2.84. The van der Waals surface area contributed by atoms with Crippen LogP contribution >= 0.6 is 11.3 Å². The Morgan fingerprint density at radius 1 is 1.11 bits per heavy atom. The second-order valence-electron chi connectivity index (χ2n) is 3.97. The Morgan fingerprint density at radius 3 is 2.67 bits per heavy atom. The molecule has 5 heteroatoms. The molecule has 1 N–H and O–H groups in total. The molecular weight excluding hydrogens is 248 g/mol. The third kappa shape index (κ3) is 1.78. The Kier molecular flexibility index (Phi) is 2.60. The number of fused-ring (bicyclic) bond motifs is 1. The molecule has 0 radical (unpaired) electrons. The fourth-order valence-corrected chi connectivity index (χ4v) is 2.70. The van der Waals surface area contributed by atoms with E-state index in [1.807, 2.05) is 41.8 Å². The van der Waals surface area contributed by atoms with Crippen molar-refractivity contribution in [2.45, 2.75) is 6.54 Å². The number of thiophene rings is 1. The smallest absolute Gasteiger partial charge is 0.308 e. The van der Waals surface area contributed by atoms with Crippen LogP contribution in [0.15, 0.2) is 51.4 Å². The van der Waals surface area contributed by atoms with Gasteiger partial charge in [-0.25, -0.2) is 0 Å². The van der Waals surface area contributed by atoms with E-state index in [4.69, 9.17) is 0 Å². The number of aromatic amines is 1. The van der Waals surface area contributed by atoms with E-state index in [0.717, 1.165) is 15.9 Å². The first kappa shape index (κ1) is 11.0. The van der Waals surface area contributed by atoms with Crippen LogP contribution in [0.3, 0.4) is 0 Å². The number of nitrogens with zero attached hydrogens (tertiary/aromatic N) is 1. The topological polar surface area (TPSA) is 54.9 Å². The van der Waals surface area contributed by atoms with Crippen molar-refractivity contribution in [3.63, 3.8) is 0 Å². The number of hydrogen-bond donors (Lipinski definition) is 1. The molecule has 0 unspecified atom stereocenters. The van der Waals surface area contributed by atoms with Crippen LogP contribution in [0.25, 0.3) is 10.3 Å². The maximum absolute atomic E-state index is 11.9. The zero-order valence-electron chi connectivity index (χ0n) is 9.42. The maximum atomic E-state index is 11.9. The Morgan fingerprint density at radius 2 is 1.89 bits per heavy atom. The number of aromatic nitrogens is 2. The minimum atomic E-state index is -0.569. The first-order valence-electron chi connectivity index (χ1n) is 5.50. The van der Waals surface area contributed by atoms with E-state index in [1.165, 1.54) is 15.9 Å². The van der Waals surface area contributed by atoms with Crippen LogP contribution in [-0.4, -0.2) is 9.55 Å². The van der Waals surface area contributed by atoms with Gasteiger partial charge in [-0.15, -0.1) is 11.3 Å². The van der Waals surface area contributed by atoms with E-state index in [-0.39, 0.29) is 0 Å². The van der Waals surface area contributed by atoms with Crippen molar-refractivity contribution >= 4 is 21.7 Å². The largest absolute Gasteiger partial charge is 0.317 e. The van der Waals surface area contributed by atoms with Gasteiger partial charge in [-0.05, 0) is 17.0 Å². The summed E-state index contributed by atoms with van der Waals surface area (Å²) in [5.74, 6) is 0. The number of hydrogen-bond acceptors (Lipinski definition) is 3. The van der Waals surface area contributed by atoms with Gasteiger partial charge in [0, 0.05) is 0 Å². The van der Waals surface area contributed by atoms with E-state index in [1.54, 1.807) is 0 Å². The summed E-state index contributed by atoms with van der Waals surface area (Å²) in [5.41, 5.74) is 0.691. The maximum Gasteiger partial charge on any atom is 0.317 e. The van der Waals surface area contributed by atoms with Gasteiger partial charge in [0.15, 0.2) is 0 Å². The molecule has 2 aromatic heterocycles. The van der Waals surface area contributed by atoms with Crippen LogP contribution in [0.4, 0.5) is 0 Å². The Balaban J connectivity index is 2.22. The predicted molar refractivity (Wildman–Crippen MR) is 72.2 cm³/mol. The van der Waals surface area contributed by atoms with Gasteiger partial charge in [0.25, 0.3) is 0 Å². The molecule has 0 aliphatic carbocycles. The molecular formula is C13H10N2O2S. The highest BCUT2D eigenvalue weighted by molar-refractivity contribution is 7.16. The minimum Gasteiger partial charge on any atom is -0.308 e. The standard InChI is InChI=1S/C13H10N2O2S/c16-11-13(17)15(8-9-4-2-1-3-5-9)10-6-7-18-12(10)14-11/h1-7H,8H2,(H,14,16). The average molecular weight is 258 g/mol. The highest BCUT2D eigenvalue weighted by atomic mass is 32.1. The molecule has 18 heavy (non-hydrogen) atoms. The predicted octanol–water partition coefficient (Wildman–Crippen LogP) is 1.80. The van der Waals surface area contributed by atoms with Crippen LogP contribution in [0, 0.1) is 0 Å². The Bertz CT molecular complexity index is 799. The van der Waals surface area contributed by atoms with E-state index in [0.29, 0.717) is 6.54 Å². The molecule has 0 fully saturated rings. The molecule has 90 valence electrons. The molecule has 0 atom stereocenters. The fourth-order valence-electron chi connectivity index (χ4n) is 1.92. The monoisotopic (exact) mass is 258 g/mol. The summed E-state index contributed by atoms with van der Waals surface area (Å²) in [6.07, 6.45) is 0. The van der Waals surface area contributed by atoms with Crippen LogP contribution in [0.5, 0.6) is 0 Å². The second kappa shape index (κ2) is 4.27. The van der Waals surface area contributed by atoms with Gasteiger partial charge in [-0.1, -0.05) is 30.3 Å². The molecule has 0 aliphatic rings. The van der Waals surface area contributed by atoms with Gasteiger partial charge in [0.2, 0.25) is 0 Å². The van der Waals surface area contributed by atoms with Crippen LogP contribution in [0.1, 0.15) is 5.56 Å². The SMILES string of the molecule is O=c1[nH]c2sccc2n(Cc2ccccc2)c1=O. The van der Waals surface area contributed by atoms with Crippen LogP contribution in [0.2, 0.25) is 0 Å². The van der Waals surface area contributed by atoms with Crippen molar-refractivity contribution in [2.24, 2.45) is 0 Å². The summed E-state index contributed by atoms with van der Waals surface area (Å²) in [7, 11) is 0. The first-order valence-corrected chi connectivity index (χ1v) is 6.38. The second-order valence-corrected chi connectivity index (χ2v) is 4.88. The minimum absolute atomic E-state index is 0.414. The highest BCUT2D eigenvalue weighted by Gasteiger charge is 2.08. The molecule has 0 aliphatic heterocycles. The quantitative estimate of drug-likeness (QED) is 0.713. The summed E-state index contributed by atoms with van der Waals surface area (Å²) in [5, 5.41) is 1.86. The third-order valence-corrected chi connectivity index (χ3v) is 3.60. The van der Waals surface area contributed by atoms with E-state index in [9.17, 15) is 9.59 Å². The number of rotatable bonds is 2. The van der Waals surface area contributed by atoms with Gasteiger partial charge in [-0.3, -0.25) is 14.2 Å². The highest BCUT2D eigenvalue weighted by Crippen LogP contribution is 2.16. The van der Waals surface area contributed by atoms with Crippen molar-refractivity contribution in [1.82, 2.24) is 9.55 Å². The van der Waals surface area contributed by atoms with E-state index < -0.39 is 11.1 Å². The van der Waals surface area contributed by atoms with E-state index >= 15 is 0 Å². The Labute approximate surface area is 106 Å². The zero-order chi connectivity index (χ0) is 12.5. The van der Waals surface area contributed by atoms with Crippen LogP contribution in [-0.2, 0) is 6.54 Å². The lowest BCUT2D eigenvalue weighted by atomic mass is 10.2. The number of nitrogens with one attached hydrogen (secondary N) is 1. The number of H-pyrrole nitrogens is 1.